The summed E-state index contributed by atoms with van der Waals surface area (Å²) in [5.41, 5.74) is -0.593. The van der Waals surface area contributed by atoms with Crippen molar-refractivity contribution in [3.05, 3.63) is 33.9 Å². The summed E-state index contributed by atoms with van der Waals surface area (Å²) in [6, 6.07) is 4.19. The van der Waals surface area contributed by atoms with E-state index in [0.29, 0.717) is 5.56 Å². The highest BCUT2D eigenvalue weighted by Gasteiger charge is 2.33. The minimum atomic E-state index is -3.86. The molecule has 0 radical (unpaired) electrons. The maximum Gasteiger partial charge on any atom is 0.313 e. The smallest absolute Gasteiger partial charge is 0.313 e. The monoisotopic (exact) mass is 359 g/mol. The van der Waals surface area contributed by atoms with Crippen molar-refractivity contribution < 1.29 is 22.3 Å². The highest BCUT2D eigenvalue weighted by atomic mass is 32.2. The number of benzene rings is 1. The molecule has 1 aromatic rings. The molecule has 1 unspecified atom stereocenters. The summed E-state index contributed by atoms with van der Waals surface area (Å²) < 4.78 is 33.3. The average Bonchev–Trinajstić information content (AvgIpc) is 2.32. The summed E-state index contributed by atoms with van der Waals surface area (Å²) in [6.07, 6.45) is 0.425. The van der Waals surface area contributed by atoms with Crippen LogP contribution in [-0.4, -0.2) is 25.2 Å². The Balaban J connectivity index is 3.42. The summed E-state index contributed by atoms with van der Waals surface area (Å²) in [6.45, 7) is 11.6. The zero-order valence-electron chi connectivity index (χ0n) is 15.1. The van der Waals surface area contributed by atoms with Gasteiger partial charge >= 0.3 is 15.8 Å². The number of nitro benzene ring substituents is 1. The molecule has 24 heavy (non-hydrogen) atoms. The largest absolute Gasteiger partial charge is 0.375 e. The lowest BCUT2D eigenvalue weighted by Crippen LogP contribution is -2.30. The van der Waals surface area contributed by atoms with Crippen LogP contribution in [0, 0.1) is 15.5 Å². The summed E-state index contributed by atoms with van der Waals surface area (Å²) >= 11 is 0. The van der Waals surface area contributed by atoms with E-state index >= 15 is 0 Å². The molecule has 8 heteroatoms. The Bertz CT molecular complexity index is 713. The van der Waals surface area contributed by atoms with Crippen molar-refractivity contribution in [3.8, 4) is 5.75 Å². The fourth-order valence-corrected chi connectivity index (χ4v) is 2.64. The van der Waals surface area contributed by atoms with E-state index in [4.69, 9.17) is 8.92 Å². The van der Waals surface area contributed by atoms with E-state index in [9.17, 15) is 18.5 Å². The second kappa shape index (κ2) is 6.68. The van der Waals surface area contributed by atoms with Gasteiger partial charge in [0.05, 0.1) is 22.9 Å². The van der Waals surface area contributed by atoms with E-state index in [1.165, 1.54) is 12.1 Å². The van der Waals surface area contributed by atoms with E-state index in [0.717, 1.165) is 6.26 Å². The lowest BCUT2D eigenvalue weighted by molar-refractivity contribution is -0.385. The summed E-state index contributed by atoms with van der Waals surface area (Å²) in [5.74, 6) is -0.310. The number of ether oxygens (including phenoxy) is 1. The third kappa shape index (κ3) is 6.09. The molecular formula is C16H25NO6S. The van der Waals surface area contributed by atoms with Crippen LogP contribution in [-0.2, 0) is 14.9 Å². The van der Waals surface area contributed by atoms with Crippen molar-refractivity contribution in [2.75, 3.05) is 6.26 Å². The Hall–Kier alpha value is -1.67. The molecule has 136 valence electrons. The van der Waals surface area contributed by atoms with E-state index < -0.39 is 32.4 Å². The van der Waals surface area contributed by atoms with Crippen LogP contribution in [0.15, 0.2) is 18.2 Å². The molecule has 7 nitrogen and oxygen atoms in total. The van der Waals surface area contributed by atoms with Crippen LogP contribution in [0.2, 0.25) is 0 Å². The van der Waals surface area contributed by atoms with Crippen molar-refractivity contribution in [3.63, 3.8) is 0 Å². The van der Waals surface area contributed by atoms with Gasteiger partial charge in [-0.25, -0.2) is 0 Å². The highest BCUT2D eigenvalue weighted by Crippen LogP contribution is 2.41. The lowest BCUT2D eigenvalue weighted by Gasteiger charge is -2.36. The zero-order valence-corrected chi connectivity index (χ0v) is 15.9. The van der Waals surface area contributed by atoms with Crippen LogP contribution < -0.4 is 4.18 Å². The van der Waals surface area contributed by atoms with Crippen LogP contribution >= 0.6 is 0 Å². The van der Waals surface area contributed by atoms with Crippen molar-refractivity contribution in [1.82, 2.24) is 0 Å². The number of hydrogen-bond acceptors (Lipinski definition) is 6. The second-order valence-corrected chi connectivity index (χ2v) is 9.32. The summed E-state index contributed by atoms with van der Waals surface area (Å²) in [4.78, 5) is 10.6. The Morgan fingerprint density at radius 3 is 2.04 bits per heavy atom. The topological polar surface area (TPSA) is 95.7 Å². The van der Waals surface area contributed by atoms with E-state index in [1.807, 2.05) is 41.5 Å². The number of nitrogens with zero attached hydrogens (tertiary/aromatic N) is 1. The fourth-order valence-electron chi connectivity index (χ4n) is 2.17. The van der Waals surface area contributed by atoms with E-state index in [1.54, 1.807) is 6.07 Å². The molecule has 0 amide bonds. The van der Waals surface area contributed by atoms with E-state index in [2.05, 4.69) is 0 Å². The van der Waals surface area contributed by atoms with Crippen molar-refractivity contribution in [1.29, 1.82) is 0 Å². The first-order valence-electron chi connectivity index (χ1n) is 7.46. The average molecular weight is 359 g/mol. The van der Waals surface area contributed by atoms with Gasteiger partial charge in [0.2, 0.25) is 5.75 Å². The first-order chi connectivity index (χ1) is 10.6. The van der Waals surface area contributed by atoms with Gasteiger partial charge in [0.15, 0.2) is 0 Å². The zero-order chi connectivity index (χ0) is 18.9. The van der Waals surface area contributed by atoms with Crippen LogP contribution in [0.5, 0.6) is 5.75 Å². The molecule has 0 aliphatic carbocycles. The van der Waals surface area contributed by atoms with Crippen LogP contribution in [0.25, 0.3) is 0 Å². The van der Waals surface area contributed by atoms with Gasteiger partial charge in [-0.2, -0.15) is 8.42 Å². The second-order valence-electron chi connectivity index (χ2n) is 7.75. The maximum atomic E-state index is 11.3. The first-order valence-corrected chi connectivity index (χ1v) is 9.27. The van der Waals surface area contributed by atoms with Gasteiger partial charge < -0.3 is 8.92 Å². The predicted octanol–water partition coefficient (Wildman–Crippen LogP) is 3.84. The summed E-state index contributed by atoms with van der Waals surface area (Å²) in [5, 5.41) is 11.3. The molecule has 1 aromatic carbocycles. The molecule has 0 aliphatic rings. The Labute approximate surface area is 143 Å². The quantitative estimate of drug-likeness (QED) is 0.450. The van der Waals surface area contributed by atoms with Crippen LogP contribution in [0.1, 0.15) is 53.2 Å². The molecule has 0 fully saturated rings. The van der Waals surface area contributed by atoms with Gasteiger partial charge in [-0.1, -0.05) is 26.8 Å². The van der Waals surface area contributed by atoms with Crippen LogP contribution in [0.4, 0.5) is 5.69 Å². The normalized spacial score (nSPS) is 14.3. The van der Waals surface area contributed by atoms with Crippen molar-refractivity contribution >= 4 is 15.8 Å². The van der Waals surface area contributed by atoms with Gasteiger partial charge in [-0.05, 0) is 37.8 Å². The molecule has 1 rings (SSSR count). The van der Waals surface area contributed by atoms with Gasteiger partial charge in [-0.3, -0.25) is 10.1 Å². The molecule has 0 saturated carbocycles. The maximum absolute atomic E-state index is 11.3. The van der Waals surface area contributed by atoms with Crippen molar-refractivity contribution in [2.24, 2.45) is 5.41 Å². The number of hydrogen-bond donors (Lipinski definition) is 0. The van der Waals surface area contributed by atoms with Crippen LogP contribution in [0.3, 0.4) is 0 Å². The summed E-state index contributed by atoms with van der Waals surface area (Å²) in [7, 11) is -3.86. The van der Waals surface area contributed by atoms with E-state index in [-0.39, 0.29) is 11.2 Å². The number of nitro groups is 1. The number of rotatable bonds is 5. The fraction of sp³-hybridized carbons (Fsp3) is 0.625. The predicted molar refractivity (Wildman–Crippen MR) is 91.6 cm³/mol. The molecular weight excluding hydrogens is 334 g/mol. The molecule has 0 saturated heterocycles. The van der Waals surface area contributed by atoms with Crippen molar-refractivity contribution in [2.45, 2.75) is 53.2 Å². The highest BCUT2D eigenvalue weighted by molar-refractivity contribution is 7.86. The third-order valence-corrected chi connectivity index (χ3v) is 3.46. The first kappa shape index (κ1) is 20.4. The third-order valence-electron chi connectivity index (χ3n) is 2.98. The SMILES string of the molecule is CC(C)(C)OC(c1ccc(OS(C)(=O)=O)c([N+](=O)[O-])c1)C(C)(C)C. The Morgan fingerprint density at radius 2 is 1.67 bits per heavy atom. The van der Waals surface area contributed by atoms with Gasteiger partial charge in [0, 0.05) is 6.07 Å². The van der Waals surface area contributed by atoms with Gasteiger partial charge in [0.1, 0.15) is 0 Å². The molecule has 0 bridgehead atoms. The minimum absolute atomic E-state index is 0.310. The Morgan fingerprint density at radius 1 is 1.12 bits per heavy atom. The molecule has 1 atom stereocenters. The molecule has 0 heterocycles. The molecule has 0 N–H and O–H groups in total. The lowest BCUT2D eigenvalue weighted by atomic mass is 9.84. The minimum Gasteiger partial charge on any atom is -0.375 e. The van der Waals surface area contributed by atoms with Gasteiger partial charge in [0.25, 0.3) is 0 Å². The molecule has 0 spiro atoms. The Kier molecular flexibility index (Phi) is 5.67. The molecule has 0 aromatic heterocycles. The standard InChI is InChI=1S/C16H25NO6S/c1-15(2,3)14(22-16(4,5)6)11-8-9-13(23-24(7,20)21)12(10-11)17(18)19/h8-10,14H,1-7H3. The van der Waals surface area contributed by atoms with Gasteiger partial charge in [-0.15, -0.1) is 0 Å². The molecule has 0 aliphatic heterocycles.